The van der Waals surface area contributed by atoms with Crippen LogP contribution in [-0.2, 0) is 14.3 Å². The zero-order chi connectivity index (χ0) is 13.5. The summed E-state index contributed by atoms with van der Waals surface area (Å²) in [6, 6.07) is -0.580. The van der Waals surface area contributed by atoms with Crippen LogP contribution in [0.5, 0.6) is 0 Å². The van der Waals surface area contributed by atoms with Gasteiger partial charge in [0.2, 0.25) is 5.91 Å². The maximum Gasteiger partial charge on any atom is 0.328 e. The second-order valence-corrected chi connectivity index (χ2v) is 5.28. The van der Waals surface area contributed by atoms with Gasteiger partial charge in [-0.1, -0.05) is 19.8 Å². The molecule has 0 aromatic heterocycles. The van der Waals surface area contributed by atoms with E-state index < -0.39 is 11.6 Å². The van der Waals surface area contributed by atoms with Gasteiger partial charge in [-0.05, 0) is 34.1 Å². The SMILES string of the molecule is CCCCCC(=O)N[C@@H](C)C(=O)OC(C)(C)C. The van der Waals surface area contributed by atoms with Crippen LogP contribution in [0, 0.1) is 0 Å². The molecule has 4 heteroatoms. The number of esters is 1. The highest BCUT2D eigenvalue weighted by Gasteiger charge is 2.22. The minimum absolute atomic E-state index is 0.0863. The highest BCUT2D eigenvalue weighted by molar-refractivity contribution is 5.84. The number of unbranched alkanes of at least 4 members (excludes halogenated alkanes) is 2. The van der Waals surface area contributed by atoms with Gasteiger partial charge in [0.25, 0.3) is 0 Å². The van der Waals surface area contributed by atoms with Gasteiger partial charge in [0.1, 0.15) is 11.6 Å². The van der Waals surface area contributed by atoms with E-state index in [1.807, 2.05) is 0 Å². The Morgan fingerprint density at radius 2 is 1.82 bits per heavy atom. The largest absolute Gasteiger partial charge is 0.458 e. The lowest BCUT2D eigenvalue weighted by atomic mass is 10.2. The summed E-state index contributed by atoms with van der Waals surface area (Å²) >= 11 is 0. The number of rotatable bonds is 6. The summed E-state index contributed by atoms with van der Waals surface area (Å²) in [6.07, 6.45) is 3.45. The molecule has 0 rings (SSSR count). The lowest BCUT2D eigenvalue weighted by Crippen LogP contribution is -2.42. The molecule has 0 saturated carbocycles. The molecule has 1 atom stereocenters. The zero-order valence-corrected chi connectivity index (χ0v) is 11.6. The minimum atomic E-state index is -0.580. The Kier molecular flexibility index (Phi) is 6.85. The molecule has 0 aromatic carbocycles. The Balaban J connectivity index is 3.95. The van der Waals surface area contributed by atoms with Crippen LogP contribution >= 0.6 is 0 Å². The molecule has 0 fully saturated rings. The van der Waals surface area contributed by atoms with Crippen molar-refractivity contribution < 1.29 is 14.3 Å². The van der Waals surface area contributed by atoms with Gasteiger partial charge in [-0.3, -0.25) is 4.79 Å². The summed E-state index contributed by atoms with van der Waals surface area (Å²) in [7, 11) is 0. The van der Waals surface area contributed by atoms with Crippen LogP contribution in [0.3, 0.4) is 0 Å². The molecule has 0 aromatic rings. The summed E-state index contributed by atoms with van der Waals surface area (Å²) in [6.45, 7) is 9.15. The second-order valence-electron chi connectivity index (χ2n) is 5.28. The van der Waals surface area contributed by atoms with Crippen LogP contribution in [0.1, 0.15) is 60.3 Å². The number of hydrogen-bond acceptors (Lipinski definition) is 3. The van der Waals surface area contributed by atoms with Gasteiger partial charge in [-0.15, -0.1) is 0 Å². The van der Waals surface area contributed by atoms with E-state index in [1.165, 1.54) is 0 Å². The smallest absolute Gasteiger partial charge is 0.328 e. The Hall–Kier alpha value is -1.06. The highest BCUT2D eigenvalue weighted by atomic mass is 16.6. The standard InChI is InChI=1S/C13H25NO3/c1-6-7-8-9-11(15)14-10(2)12(16)17-13(3,4)5/h10H,6-9H2,1-5H3,(H,14,15)/t10-/m0/s1. The fourth-order valence-corrected chi connectivity index (χ4v) is 1.30. The van der Waals surface area contributed by atoms with Crippen molar-refractivity contribution in [2.75, 3.05) is 0 Å². The first-order chi connectivity index (χ1) is 7.76. The normalized spacial score (nSPS) is 13.0. The molecule has 0 unspecified atom stereocenters. The predicted molar refractivity (Wildman–Crippen MR) is 67.6 cm³/mol. The van der Waals surface area contributed by atoms with Crippen molar-refractivity contribution in [3.05, 3.63) is 0 Å². The quantitative estimate of drug-likeness (QED) is 0.575. The number of carbonyl (C=O) groups excluding carboxylic acids is 2. The van der Waals surface area contributed by atoms with Gasteiger partial charge in [0.05, 0.1) is 0 Å². The molecule has 0 aliphatic heterocycles. The van der Waals surface area contributed by atoms with E-state index in [2.05, 4.69) is 12.2 Å². The van der Waals surface area contributed by atoms with E-state index in [9.17, 15) is 9.59 Å². The highest BCUT2D eigenvalue weighted by Crippen LogP contribution is 2.08. The van der Waals surface area contributed by atoms with Crippen molar-refractivity contribution >= 4 is 11.9 Å². The summed E-state index contributed by atoms with van der Waals surface area (Å²) in [5, 5.41) is 2.65. The van der Waals surface area contributed by atoms with E-state index in [0.29, 0.717) is 6.42 Å². The Bertz CT molecular complexity index is 256. The van der Waals surface area contributed by atoms with Gasteiger partial charge >= 0.3 is 5.97 Å². The first-order valence-electron chi connectivity index (χ1n) is 6.28. The van der Waals surface area contributed by atoms with E-state index in [0.717, 1.165) is 19.3 Å². The van der Waals surface area contributed by atoms with Crippen LogP contribution < -0.4 is 5.32 Å². The number of nitrogens with one attached hydrogen (secondary N) is 1. The lowest BCUT2D eigenvalue weighted by molar-refractivity contribution is -0.158. The van der Waals surface area contributed by atoms with Crippen LogP contribution in [0.15, 0.2) is 0 Å². The third-order valence-corrected chi connectivity index (χ3v) is 2.15. The van der Waals surface area contributed by atoms with Gasteiger partial charge in [-0.2, -0.15) is 0 Å². The van der Waals surface area contributed by atoms with Crippen LogP contribution in [0.2, 0.25) is 0 Å². The van der Waals surface area contributed by atoms with Gasteiger partial charge < -0.3 is 10.1 Å². The molecule has 100 valence electrons. The molecule has 17 heavy (non-hydrogen) atoms. The maximum atomic E-state index is 11.6. The Morgan fingerprint density at radius 1 is 1.24 bits per heavy atom. The van der Waals surface area contributed by atoms with Gasteiger partial charge in [-0.25, -0.2) is 4.79 Å². The summed E-state index contributed by atoms with van der Waals surface area (Å²) in [4.78, 5) is 23.1. The Morgan fingerprint density at radius 3 is 2.29 bits per heavy atom. The lowest BCUT2D eigenvalue weighted by Gasteiger charge is -2.22. The van der Waals surface area contributed by atoms with Crippen molar-refractivity contribution in [3.8, 4) is 0 Å². The van der Waals surface area contributed by atoms with Crippen molar-refractivity contribution in [2.24, 2.45) is 0 Å². The molecule has 0 saturated heterocycles. The Labute approximate surface area is 104 Å². The van der Waals surface area contributed by atoms with Gasteiger partial charge in [0.15, 0.2) is 0 Å². The van der Waals surface area contributed by atoms with E-state index in [1.54, 1.807) is 27.7 Å². The molecule has 1 N–H and O–H groups in total. The number of ether oxygens (including phenoxy) is 1. The molecule has 0 radical (unpaired) electrons. The van der Waals surface area contributed by atoms with Crippen LogP contribution in [-0.4, -0.2) is 23.5 Å². The number of carbonyl (C=O) groups is 2. The molecule has 1 amide bonds. The summed E-state index contributed by atoms with van der Waals surface area (Å²) in [5.41, 5.74) is -0.516. The fourth-order valence-electron chi connectivity index (χ4n) is 1.30. The van der Waals surface area contributed by atoms with Gasteiger partial charge in [0, 0.05) is 6.42 Å². The first-order valence-corrected chi connectivity index (χ1v) is 6.28. The number of amides is 1. The zero-order valence-electron chi connectivity index (χ0n) is 11.6. The maximum absolute atomic E-state index is 11.6. The monoisotopic (exact) mass is 243 g/mol. The molecular formula is C13H25NO3. The first kappa shape index (κ1) is 15.9. The van der Waals surface area contributed by atoms with Crippen LogP contribution in [0.4, 0.5) is 0 Å². The average Bonchev–Trinajstić information content (AvgIpc) is 2.15. The minimum Gasteiger partial charge on any atom is -0.458 e. The average molecular weight is 243 g/mol. The molecule has 0 aliphatic carbocycles. The summed E-state index contributed by atoms with van der Waals surface area (Å²) < 4.78 is 5.17. The van der Waals surface area contributed by atoms with E-state index >= 15 is 0 Å². The van der Waals surface area contributed by atoms with E-state index in [-0.39, 0.29) is 11.9 Å². The predicted octanol–water partition coefficient (Wildman–Crippen LogP) is 2.41. The molecule has 0 bridgehead atoms. The molecule has 4 nitrogen and oxygen atoms in total. The third-order valence-electron chi connectivity index (χ3n) is 2.15. The third kappa shape index (κ3) is 8.72. The fraction of sp³-hybridized carbons (Fsp3) is 0.846. The van der Waals surface area contributed by atoms with E-state index in [4.69, 9.17) is 4.74 Å². The molecule has 0 heterocycles. The molecular weight excluding hydrogens is 218 g/mol. The van der Waals surface area contributed by atoms with Crippen molar-refractivity contribution in [2.45, 2.75) is 71.9 Å². The topological polar surface area (TPSA) is 55.4 Å². The van der Waals surface area contributed by atoms with Crippen molar-refractivity contribution in [1.29, 1.82) is 0 Å². The second kappa shape index (κ2) is 7.30. The van der Waals surface area contributed by atoms with Crippen LogP contribution in [0.25, 0.3) is 0 Å². The molecule has 0 spiro atoms. The van der Waals surface area contributed by atoms with Crippen molar-refractivity contribution in [3.63, 3.8) is 0 Å². The summed E-state index contributed by atoms with van der Waals surface area (Å²) in [5.74, 6) is -0.474. The molecule has 0 aliphatic rings. The number of hydrogen-bond donors (Lipinski definition) is 1. The van der Waals surface area contributed by atoms with Crippen molar-refractivity contribution in [1.82, 2.24) is 5.32 Å².